The van der Waals surface area contributed by atoms with Crippen LogP contribution in [0, 0.1) is 15.3 Å². The van der Waals surface area contributed by atoms with Crippen molar-refractivity contribution in [2.75, 3.05) is 0 Å². The van der Waals surface area contributed by atoms with Gasteiger partial charge in [-0.1, -0.05) is 0 Å². The summed E-state index contributed by atoms with van der Waals surface area (Å²) in [6.07, 6.45) is -1.23. The molecule has 0 spiro atoms. The molecule has 0 fully saturated rings. The zero-order valence-electron chi connectivity index (χ0n) is 6.05. The summed E-state index contributed by atoms with van der Waals surface area (Å²) in [5.41, 5.74) is 0. The molecule has 0 aliphatic heterocycles. The van der Waals surface area contributed by atoms with Crippen LogP contribution in [-0.4, -0.2) is 27.4 Å². The third-order valence-electron chi connectivity index (χ3n) is 0.357. The minimum Gasteiger partial charge on any atom is -0.479 e. The number of carboxylic acid groups (broad SMARTS) is 1. The number of carbonyl (C=O) groups is 1. The molecule has 0 saturated carbocycles. The van der Waals surface area contributed by atoms with Gasteiger partial charge in [-0.15, -0.1) is 0 Å². The molecule has 0 aliphatic rings. The van der Waals surface area contributed by atoms with Crippen LogP contribution >= 0.6 is 0 Å². The summed E-state index contributed by atoms with van der Waals surface area (Å²) in [7, 11) is 0. The standard InChI is InChI=1S/C3H6O3.NO3.Na/c1-2(4)3(5)6;2-1(3)4;/h2,4H,1H3,(H,5,6);;/q;-1;+1. The van der Waals surface area contributed by atoms with E-state index in [9.17, 15) is 4.79 Å². The molecule has 0 aliphatic carbocycles. The van der Waals surface area contributed by atoms with E-state index in [2.05, 4.69) is 0 Å². The molecule has 8 heteroatoms. The second-order valence-electron chi connectivity index (χ2n) is 1.24. The van der Waals surface area contributed by atoms with Crippen LogP contribution in [0.15, 0.2) is 0 Å². The zero-order valence-corrected chi connectivity index (χ0v) is 8.05. The number of nitrogens with zero attached hydrogens (tertiary/aromatic N) is 1. The molecule has 1 unspecified atom stereocenters. The number of hydrogen-bond donors (Lipinski definition) is 2. The molecule has 0 aromatic rings. The Labute approximate surface area is 84.0 Å². The van der Waals surface area contributed by atoms with E-state index in [4.69, 9.17) is 25.5 Å². The molecular formula is C3H6NNaO6. The van der Waals surface area contributed by atoms with Crippen LogP contribution in [0.2, 0.25) is 0 Å². The van der Waals surface area contributed by atoms with Crippen LogP contribution in [0.5, 0.6) is 0 Å². The van der Waals surface area contributed by atoms with E-state index in [1.54, 1.807) is 0 Å². The molecule has 7 nitrogen and oxygen atoms in total. The monoisotopic (exact) mass is 175 g/mol. The van der Waals surface area contributed by atoms with Crippen molar-refractivity contribution in [1.82, 2.24) is 0 Å². The van der Waals surface area contributed by atoms with Crippen LogP contribution in [0.4, 0.5) is 0 Å². The van der Waals surface area contributed by atoms with Gasteiger partial charge in [-0.3, -0.25) is 0 Å². The minimum atomic E-state index is -1.75. The first kappa shape index (κ1) is 16.9. The Morgan fingerprint density at radius 3 is 1.64 bits per heavy atom. The topological polar surface area (TPSA) is 124 Å². The number of hydrogen-bond acceptors (Lipinski definition) is 5. The fraction of sp³-hybridized carbons (Fsp3) is 0.667. The SMILES string of the molecule is CC(O)C(=O)O.O=[N+]([O-])[O-].[Na+]. The number of aliphatic hydroxyl groups excluding tert-OH is 1. The Bertz CT molecular complexity index is 121. The van der Waals surface area contributed by atoms with Gasteiger partial charge in [0.05, 0.1) is 5.09 Å². The molecule has 1 atom stereocenters. The predicted octanol–water partition coefficient (Wildman–Crippen LogP) is -3.78. The van der Waals surface area contributed by atoms with Gasteiger partial charge in [-0.25, -0.2) is 4.79 Å². The van der Waals surface area contributed by atoms with Gasteiger partial charge in [0.2, 0.25) is 0 Å². The van der Waals surface area contributed by atoms with Crippen molar-refractivity contribution >= 4 is 5.97 Å². The second kappa shape index (κ2) is 9.63. The van der Waals surface area contributed by atoms with Crippen molar-refractivity contribution in [2.24, 2.45) is 0 Å². The third-order valence-corrected chi connectivity index (χ3v) is 0.357. The number of aliphatic hydroxyl groups is 1. The maximum Gasteiger partial charge on any atom is 1.00 e. The van der Waals surface area contributed by atoms with Gasteiger partial charge in [0, 0.05) is 0 Å². The number of rotatable bonds is 1. The second-order valence-corrected chi connectivity index (χ2v) is 1.24. The van der Waals surface area contributed by atoms with Gasteiger partial charge in [-0.05, 0) is 6.92 Å². The largest absolute Gasteiger partial charge is 1.00 e. The zero-order chi connectivity index (χ0) is 8.73. The maximum atomic E-state index is 9.45. The Kier molecular flexibility index (Phi) is 14.8. The molecule has 0 aromatic heterocycles. The van der Waals surface area contributed by atoms with Crippen molar-refractivity contribution in [1.29, 1.82) is 0 Å². The third kappa shape index (κ3) is 42.5. The summed E-state index contributed by atoms with van der Waals surface area (Å²) < 4.78 is 0. The normalized spacial score (nSPS) is 9.64. The van der Waals surface area contributed by atoms with E-state index in [1.165, 1.54) is 6.92 Å². The molecule has 0 radical (unpaired) electrons. The number of aliphatic carboxylic acids is 1. The molecule has 2 N–H and O–H groups in total. The van der Waals surface area contributed by atoms with Crippen LogP contribution in [0.25, 0.3) is 0 Å². The Morgan fingerprint density at radius 1 is 1.55 bits per heavy atom. The van der Waals surface area contributed by atoms with Gasteiger partial charge in [0.15, 0.2) is 0 Å². The van der Waals surface area contributed by atoms with Crippen LogP contribution < -0.4 is 29.6 Å². The first-order valence-electron chi connectivity index (χ1n) is 2.10. The smallest absolute Gasteiger partial charge is 0.479 e. The quantitative estimate of drug-likeness (QED) is 0.239. The minimum absolute atomic E-state index is 0. The Morgan fingerprint density at radius 2 is 1.64 bits per heavy atom. The van der Waals surface area contributed by atoms with E-state index in [0.29, 0.717) is 0 Å². The van der Waals surface area contributed by atoms with Crippen LogP contribution in [0.1, 0.15) is 6.92 Å². The Hall–Kier alpha value is -0.370. The van der Waals surface area contributed by atoms with E-state index >= 15 is 0 Å². The maximum absolute atomic E-state index is 9.45. The van der Waals surface area contributed by atoms with E-state index < -0.39 is 17.2 Å². The molecule has 0 bridgehead atoms. The van der Waals surface area contributed by atoms with Crippen molar-refractivity contribution in [3.05, 3.63) is 15.3 Å². The molecular weight excluding hydrogens is 169 g/mol. The average molecular weight is 175 g/mol. The molecule has 0 rings (SSSR count). The summed E-state index contributed by atoms with van der Waals surface area (Å²) >= 11 is 0. The van der Waals surface area contributed by atoms with Crippen molar-refractivity contribution in [3.8, 4) is 0 Å². The van der Waals surface area contributed by atoms with Gasteiger partial charge >= 0.3 is 35.5 Å². The van der Waals surface area contributed by atoms with Crippen LogP contribution in [-0.2, 0) is 4.79 Å². The van der Waals surface area contributed by atoms with E-state index in [0.717, 1.165) is 0 Å². The molecule has 0 heterocycles. The summed E-state index contributed by atoms with van der Waals surface area (Å²) in [4.78, 5) is 17.7. The van der Waals surface area contributed by atoms with Gasteiger partial charge < -0.3 is 25.5 Å². The molecule has 0 aromatic carbocycles. The van der Waals surface area contributed by atoms with Crippen molar-refractivity contribution in [2.45, 2.75) is 13.0 Å². The van der Waals surface area contributed by atoms with Gasteiger partial charge in [0.1, 0.15) is 6.10 Å². The first-order chi connectivity index (χ1) is 4.37. The van der Waals surface area contributed by atoms with E-state index in [-0.39, 0.29) is 29.6 Å². The van der Waals surface area contributed by atoms with Crippen molar-refractivity contribution < 1.29 is 49.7 Å². The molecule has 0 saturated heterocycles. The van der Waals surface area contributed by atoms with E-state index in [1.807, 2.05) is 0 Å². The summed E-state index contributed by atoms with van der Waals surface area (Å²) in [6.45, 7) is 1.20. The van der Waals surface area contributed by atoms with Crippen molar-refractivity contribution in [3.63, 3.8) is 0 Å². The Balaban J connectivity index is -0.000000114. The summed E-state index contributed by atoms with van der Waals surface area (Å²) in [5, 5.41) is 30.5. The number of carboxylic acids is 1. The summed E-state index contributed by atoms with van der Waals surface area (Å²) in [5.74, 6) is -1.19. The molecule has 11 heavy (non-hydrogen) atoms. The predicted molar refractivity (Wildman–Crippen MR) is 29.7 cm³/mol. The summed E-state index contributed by atoms with van der Waals surface area (Å²) in [6, 6.07) is 0. The average Bonchev–Trinajstić information content (AvgIpc) is 1.63. The molecule has 60 valence electrons. The fourth-order valence-electron chi connectivity index (χ4n) is 0. The fourth-order valence-corrected chi connectivity index (χ4v) is 0. The van der Waals surface area contributed by atoms with Gasteiger partial charge in [-0.2, -0.15) is 0 Å². The molecule has 0 amide bonds. The van der Waals surface area contributed by atoms with Crippen LogP contribution in [0.3, 0.4) is 0 Å². The van der Waals surface area contributed by atoms with Gasteiger partial charge in [0.25, 0.3) is 0 Å². The first-order valence-corrected chi connectivity index (χ1v) is 2.10.